The number of carbonyl (C=O) groups excluding carboxylic acids is 3. The van der Waals surface area contributed by atoms with Gasteiger partial charge in [0, 0.05) is 5.38 Å². The highest BCUT2D eigenvalue weighted by Crippen LogP contribution is 2.43. The van der Waals surface area contributed by atoms with E-state index in [1.54, 1.807) is 60.7 Å². The second-order valence-electron chi connectivity index (χ2n) is 9.42. The van der Waals surface area contributed by atoms with Crippen molar-refractivity contribution in [2.45, 2.75) is 23.0 Å². The van der Waals surface area contributed by atoms with Gasteiger partial charge in [-0.25, -0.2) is 9.78 Å². The number of oxime groups is 1. The predicted octanol–water partition coefficient (Wildman–Crippen LogP) is 2.89. The van der Waals surface area contributed by atoms with Crippen molar-refractivity contribution in [2.75, 3.05) is 18.6 Å². The number of β-lactam (4-membered cyclic amide) rings is 1. The summed E-state index contributed by atoms with van der Waals surface area (Å²) >= 11 is 1.76. The van der Waals surface area contributed by atoms with Gasteiger partial charge < -0.3 is 24.8 Å². The molecule has 242 valence electrons. The largest absolute Gasteiger partial charge is 0.534 e. The van der Waals surface area contributed by atoms with Crippen molar-refractivity contribution in [3.05, 3.63) is 94.3 Å². The Hall–Kier alpha value is -4.62. The number of halogens is 3. The summed E-state index contributed by atoms with van der Waals surface area (Å²) in [6.45, 7) is 0. The zero-order valence-corrected chi connectivity index (χ0v) is 25.8. The highest BCUT2D eigenvalue weighted by atomic mass is 32.2. The number of nitrogens with zero attached hydrogens (tertiary/aromatic N) is 3. The highest BCUT2D eigenvalue weighted by molar-refractivity contribution is 8.00. The molecule has 2 aliphatic heterocycles. The number of alkyl halides is 3. The molecule has 0 saturated carbocycles. The van der Waals surface area contributed by atoms with Crippen LogP contribution >= 0.6 is 23.1 Å². The van der Waals surface area contributed by atoms with E-state index >= 15 is 0 Å². The van der Waals surface area contributed by atoms with Crippen LogP contribution in [0.2, 0.25) is 0 Å². The summed E-state index contributed by atoms with van der Waals surface area (Å²) < 4.78 is 74.0. The van der Waals surface area contributed by atoms with Crippen LogP contribution in [0.15, 0.2) is 82.7 Å². The van der Waals surface area contributed by atoms with E-state index in [9.17, 15) is 36.0 Å². The van der Waals surface area contributed by atoms with E-state index in [1.165, 1.54) is 12.5 Å². The number of benzene rings is 2. The third-order valence-electron chi connectivity index (χ3n) is 6.50. The number of anilines is 1. The van der Waals surface area contributed by atoms with Crippen LogP contribution in [0.25, 0.3) is 0 Å². The Kier molecular flexibility index (Phi) is 9.27. The fraction of sp³-hybridized carbons (Fsp3) is 0.222. The van der Waals surface area contributed by atoms with Gasteiger partial charge in [-0.1, -0.05) is 65.8 Å². The monoisotopic (exact) mass is 697 g/mol. The molecule has 2 amide bonds. The molecule has 3 N–H and O–H groups in total. The molecule has 2 aromatic carbocycles. The number of hydrogen-bond acceptors (Lipinski definition) is 13. The minimum atomic E-state index is -6.24. The third-order valence-corrected chi connectivity index (χ3v) is 9.41. The van der Waals surface area contributed by atoms with Gasteiger partial charge in [0.25, 0.3) is 11.8 Å². The molecule has 0 spiro atoms. The first-order chi connectivity index (χ1) is 21.8. The molecule has 2 aliphatic rings. The van der Waals surface area contributed by atoms with Gasteiger partial charge in [0.05, 0.1) is 5.75 Å². The van der Waals surface area contributed by atoms with Gasteiger partial charge in [-0.15, -0.1) is 23.1 Å². The molecule has 0 unspecified atom stereocenters. The number of aromatic nitrogens is 1. The van der Waals surface area contributed by atoms with Crippen LogP contribution in [0, 0.1) is 0 Å². The number of thioether (sulfide) groups is 1. The lowest BCUT2D eigenvalue weighted by atomic mass is 10.0. The molecule has 1 saturated heterocycles. The molecule has 3 heterocycles. The maximum atomic E-state index is 13.8. The molecule has 3 aromatic rings. The van der Waals surface area contributed by atoms with Gasteiger partial charge in [-0.3, -0.25) is 14.5 Å². The number of esters is 1. The standard InChI is InChI=1S/C27H22F3N5O8S3/c1-41-34-18(16-12-45-26(31)32-16)22(36)33-19-23(37)35-20(17(13-44-24(19)35)43-46(39,40)27(28,29)30)25(38)42-21(14-8-4-2-5-9-14)15-10-6-3-7-11-15/h2-12,19,21,24H,13H2,1H3,(H2,31,32)(H,33,36)/b34-18-/t19-,24-/m1/s1. The Morgan fingerprint density at radius 2 is 1.72 bits per heavy atom. The van der Waals surface area contributed by atoms with E-state index in [0.717, 1.165) is 28.0 Å². The molecule has 0 aliphatic carbocycles. The molecule has 5 rings (SSSR count). The van der Waals surface area contributed by atoms with E-state index in [2.05, 4.69) is 19.6 Å². The molecular weight excluding hydrogens is 676 g/mol. The summed E-state index contributed by atoms with van der Waals surface area (Å²) in [4.78, 5) is 49.7. The van der Waals surface area contributed by atoms with Crippen LogP contribution in [-0.4, -0.2) is 71.6 Å². The van der Waals surface area contributed by atoms with Crippen LogP contribution in [0.5, 0.6) is 0 Å². The smallest absolute Gasteiger partial charge is 0.448 e. The second-order valence-corrected chi connectivity index (χ2v) is 12.9. The summed E-state index contributed by atoms with van der Waals surface area (Å²) in [5, 5.41) is 6.56. The Labute approximate surface area is 267 Å². The van der Waals surface area contributed by atoms with Gasteiger partial charge in [-0.2, -0.15) is 21.6 Å². The van der Waals surface area contributed by atoms with Crippen molar-refractivity contribution in [2.24, 2.45) is 5.16 Å². The zero-order valence-electron chi connectivity index (χ0n) is 23.3. The first kappa shape index (κ1) is 32.8. The molecule has 1 aromatic heterocycles. The molecule has 2 atom stereocenters. The number of ether oxygens (including phenoxy) is 1. The molecule has 1 fully saturated rings. The maximum absolute atomic E-state index is 13.8. The topological polar surface area (TPSA) is 180 Å². The minimum absolute atomic E-state index is 0.0480. The van der Waals surface area contributed by atoms with Crippen molar-refractivity contribution in [1.82, 2.24) is 15.2 Å². The Balaban J connectivity index is 1.48. The van der Waals surface area contributed by atoms with E-state index in [-0.39, 0.29) is 16.5 Å². The molecule has 0 radical (unpaired) electrons. The van der Waals surface area contributed by atoms with E-state index in [0.29, 0.717) is 11.1 Å². The normalized spacial score (nSPS) is 18.5. The second kappa shape index (κ2) is 13.0. The number of amides is 2. The molecule has 0 bridgehead atoms. The first-order valence-corrected chi connectivity index (χ1v) is 16.3. The van der Waals surface area contributed by atoms with Crippen LogP contribution in [0.1, 0.15) is 22.9 Å². The van der Waals surface area contributed by atoms with Crippen LogP contribution < -0.4 is 11.1 Å². The Morgan fingerprint density at radius 3 is 2.24 bits per heavy atom. The lowest BCUT2D eigenvalue weighted by Gasteiger charge is -2.49. The van der Waals surface area contributed by atoms with Crippen molar-refractivity contribution < 1.29 is 49.7 Å². The van der Waals surface area contributed by atoms with Crippen molar-refractivity contribution in [1.29, 1.82) is 0 Å². The number of nitrogens with two attached hydrogens (primary N) is 1. The number of thiazole rings is 1. The van der Waals surface area contributed by atoms with E-state index in [1.807, 2.05) is 0 Å². The van der Waals surface area contributed by atoms with Gasteiger partial charge in [0.1, 0.15) is 24.2 Å². The average Bonchev–Trinajstić information content (AvgIpc) is 3.46. The fourth-order valence-corrected chi connectivity index (χ4v) is 6.85. The first-order valence-electron chi connectivity index (χ1n) is 12.9. The Bertz CT molecular complexity index is 1780. The summed E-state index contributed by atoms with van der Waals surface area (Å²) in [5.74, 6) is -4.79. The zero-order chi connectivity index (χ0) is 33.2. The third kappa shape index (κ3) is 6.51. The lowest BCUT2D eigenvalue weighted by Crippen LogP contribution is -2.71. The quantitative estimate of drug-likeness (QED) is 0.0795. The van der Waals surface area contributed by atoms with Crippen molar-refractivity contribution in [3.8, 4) is 0 Å². The fourth-order valence-electron chi connectivity index (χ4n) is 4.47. The summed E-state index contributed by atoms with van der Waals surface area (Å²) in [7, 11) is -5.07. The maximum Gasteiger partial charge on any atom is 0.534 e. The Morgan fingerprint density at radius 1 is 1.11 bits per heavy atom. The SMILES string of the molecule is CO/N=C(\C(=O)N[C@@H]1C(=O)N2C(C(=O)OC(c3ccccc3)c3ccccc3)=C(OS(=O)(=O)C(F)(F)F)CS[C@H]12)c1csc(N)n1. The van der Waals surface area contributed by atoms with Gasteiger partial charge in [0.2, 0.25) is 0 Å². The number of rotatable bonds is 10. The molecule has 46 heavy (non-hydrogen) atoms. The van der Waals surface area contributed by atoms with Gasteiger partial charge >= 0.3 is 21.6 Å². The number of carbonyl (C=O) groups is 3. The number of nitrogens with one attached hydrogen (secondary N) is 1. The minimum Gasteiger partial charge on any atom is -0.448 e. The molecular formula is C27H22F3N5O8S3. The molecule has 19 heteroatoms. The number of nitrogen functional groups attached to an aromatic ring is 1. The lowest BCUT2D eigenvalue weighted by molar-refractivity contribution is -0.154. The average molecular weight is 698 g/mol. The van der Waals surface area contributed by atoms with Crippen LogP contribution in [-0.2, 0) is 38.3 Å². The van der Waals surface area contributed by atoms with E-state index in [4.69, 9.17) is 15.3 Å². The van der Waals surface area contributed by atoms with Crippen molar-refractivity contribution in [3.63, 3.8) is 0 Å². The summed E-state index contributed by atoms with van der Waals surface area (Å²) in [6.07, 6.45) is -1.11. The van der Waals surface area contributed by atoms with Gasteiger partial charge in [-0.05, 0) is 11.1 Å². The van der Waals surface area contributed by atoms with Gasteiger partial charge in [0.15, 0.2) is 28.4 Å². The van der Waals surface area contributed by atoms with Crippen LogP contribution in [0.4, 0.5) is 18.3 Å². The van der Waals surface area contributed by atoms with E-state index < -0.39 is 68.1 Å². The summed E-state index contributed by atoms with van der Waals surface area (Å²) in [5.41, 5.74) is -0.386. The number of fused-ring (bicyclic) bond motifs is 1. The summed E-state index contributed by atoms with van der Waals surface area (Å²) in [6, 6.07) is 15.3. The molecule has 13 nitrogen and oxygen atoms in total. The number of hydrogen-bond donors (Lipinski definition) is 2. The predicted molar refractivity (Wildman–Crippen MR) is 159 cm³/mol. The van der Waals surface area contributed by atoms with Crippen LogP contribution in [0.3, 0.4) is 0 Å². The van der Waals surface area contributed by atoms with Crippen molar-refractivity contribution >= 4 is 61.8 Å². The highest BCUT2D eigenvalue weighted by Gasteiger charge is 2.57.